The maximum Gasteiger partial charge on any atom is 0.0293 e. The van der Waals surface area contributed by atoms with E-state index in [1.807, 2.05) is 7.05 Å². The van der Waals surface area contributed by atoms with E-state index >= 15 is 0 Å². The van der Waals surface area contributed by atoms with E-state index in [0.29, 0.717) is 11.5 Å². The topological polar surface area (TPSA) is 26.1 Å². The van der Waals surface area contributed by atoms with Crippen LogP contribution in [0.15, 0.2) is 0 Å². The molecule has 1 saturated heterocycles. The summed E-state index contributed by atoms with van der Waals surface area (Å²) in [6, 6.07) is 0.706. The second-order valence-electron chi connectivity index (χ2n) is 3.27. The van der Waals surface area contributed by atoms with Crippen molar-refractivity contribution in [1.82, 2.24) is 10.6 Å². The second kappa shape index (κ2) is 1.70. The molecule has 0 aromatic heterocycles. The number of nitrogens with zero attached hydrogens (tertiary/aromatic N) is 1. The van der Waals surface area contributed by atoms with Crippen LogP contribution >= 0.6 is 0 Å². The number of hydrogen-bond donors (Lipinski definition) is 1. The minimum absolute atomic E-state index is 0.634. The van der Waals surface area contributed by atoms with Gasteiger partial charge in [0.05, 0.1) is 0 Å². The molecule has 2 aliphatic rings. The molecule has 2 rings (SSSR count). The summed E-state index contributed by atoms with van der Waals surface area (Å²) in [5.74, 6) is 0. The molecule has 1 atom stereocenters. The van der Waals surface area contributed by atoms with Crippen LogP contribution in [0.1, 0.15) is 12.8 Å². The van der Waals surface area contributed by atoms with Crippen molar-refractivity contribution in [3.63, 3.8) is 0 Å². The van der Waals surface area contributed by atoms with Gasteiger partial charge < -0.3 is 5.32 Å². The molecule has 2 fully saturated rings. The molecule has 2 heteroatoms. The third-order valence-corrected chi connectivity index (χ3v) is 2.72. The minimum Gasteiger partial charge on any atom is -0.315 e. The van der Waals surface area contributed by atoms with E-state index in [4.69, 9.17) is 0 Å². The first-order valence-electron chi connectivity index (χ1n) is 3.68. The summed E-state index contributed by atoms with van der Waals surface area (Å²) in [4.78, 5) is 0. The predicted molar refractivity (Wildman–Crippen MR) is 36.4 cm³/mol. The summed E-state index contributed by atoms with van der Waals surface area (Å²) in [5, 5.41) is 7.71. The summed E-state index contributed by atoms with van der Waals surface area (Å²) >= 11 is 0. The smallest absolute Gasteiger partial charge is 0.0293 e. The van der Waals surface area contributed by atoms with Gasteiger partial charge in [-0.1, -0.05) is 0 Å². The van der Waals surface area contributed by atoms with Crippen LogP contribution in [0, 0.1) is 5.41 Å². The van der Waals surface area contributed by atoms with Crippen molar-refractivity contribution >= 4 is 0 Å². The van der Waals surface area contributed by atoms with Gasteiger partial charge in [-0.2, -0.15) is 0 Å². The first-order chi connectivity index (χ1) is 4.37. The van der Waals surface area contributed by atoms with Gasteiger partial charge in [-0.15, -0.1) is 0 Å². The van der Waals surface area contributed by atoms with Gasteiger partial charge in [-0.05, 0) is 19.9 Å². The van der Waals surface area contributed by atoms with Crippen LogP contribution in [0.5, 0.6) is 0 Å². The van der Waals surface area contributed by atoms with Gasteiger partial charge in [0, 0.05) is 24.5 Å². The normalized spacial score (nSPS) is 37.7. The molecule has 1 aliphatic carbocycles. The maximum atomic E-state index is 4.39. The zero-order chi connectivity index (χ0) is 6.32. The highest BCUT2D eigenvalue weighted by Gasteiger charge is 2.51. The third kappa shape index (κ3) is 0.700. The Hall–Kier alpha value is -0.0800. The van der Waals surface area contributed by atoms with E-state index < -0.39 is 0 Å². The molecule has 0 amide bonds. The molecule has 1 heterocycles. The summed E-state index contributed by atoms with van der Waals surface area (Å²) in [5.41, 5.74) is 0.634. The second-order valence-corrected chi connectivity index (χ2v) is 3.27. The Morgan fingerprint density at radius 3 is 2.78 bits per heavy atom. The van der Waals surface area contributed by atoms with Gasteiger partial charge in [0.25, 0.3) is 0 Å². The van der Waals surface area contributed by atoms with Crippen molar-refractivity contribution in [2.45, 2.75) is 18.9 Å². The number of nitrogens with one attached hydrogen (secondary N) is 1. The first-order valence-corrected chi connectivity index (χ1v) is 3.68. The van der Waals surface area contributed by atoms with Crippen LogP contribution < -0.4 is 10.6 Å². The molecule has 1 spiro atoms. The summed E-state index contributed by atoms with van der Waals surface area (Å²) in [6.07, 6.45) is 2.81. The van der Waals surface area contributed by atoms with E-state index in [1.165, 1.54) is 12.8 Å². The van der Waals surface area contributed by atoms with Crippen LogP contribution in [-0.2, 0) is 0 Å². The highest BCUT2D eigenvalue weighted by molar-refractivity contribution is 5.07. The van der Waals surface area contributed by atoms with Crippen molar-refractivity contribution in [2.75, 3.05) is 20.1 Å². The quantitative estimate of drug-likeness (QED) is 0.523. The Kier molecular flexibility index (Phi) is 1.08. The van der Waals surface area contributed by atoms with E-state index in [0.717, 1.165) is 13.1 Å². The molecule has 51 valence electrons. The highest BCUT2D eigenvalue weighted by atomic mass is 15.1. The van der Waals surface area contributed by atoms with Gasteiger partial charge in [0.2, 0.25) is 0 Å². The van der Waals surface area contributed by atoms with Crippen molar-refractivity contribution in [3.8, 4) is 0 Å². The van der Waals surface area contributed by atoms with Crippen LogP contribution in [-0.4, -0.2) is 26.2 Å². The summed E-state index contributed by atoms with van der Waals surface area (Å²) < 4.78 is 0. The molecule has 0 bridgehead atoms. The molecule has 0 aromatic rings. The van der Waals surface area contributed by atoms with E-state index in [1.54, 1.807) is 0 Å². The summed E-state index contributed by atoms with van der Waals surface area (Å²) in [6.45, 7) is 2.18. The molecule has 0 aromatic carbocycles. The average molecular weight is 125 g/mol. The lowest BCUT2D eigenvalue weighted by molar-refractivity contribution is 0.437. The standard InChI is InChI=1S/C7H13N2/c1-8-6-4-9-5-7(6)2-3-7/h6,8H,2-5H2,1H3. The van der Waals surface area contributed by atoms with Crippen molar-refractivity contribution in [2.24, 2.45) is 5.41 Å². The van der Waals surface area contributed by atoms with Crippen LogP contribution in [0.2, 0.25) is 0 Å². The Bertz CT molecular complexity index is 118. The largest absolute Gasteiger partial charge is 0.315 e. The molecule has 1 unspecified atom stereocenters. The van der Waals surface area contributed by atoms with Crippen LogP contribution in [0.25, 0.3) is 0 Å². The fraction of sp³-hybridized carbons (Fsp3) is 1.00. The molecule has 1 aliphatic heterocycles. The van der Waals surface area contributed by atoms with Gasteiger partial charge in [0.1, 0.15) is 0 Å². The van der Waals surface area contributed by atoms with E-state index in [9.17, 15) is 0 Å². The first kappa shape index (κ1) is 5.69. The van der Waals surface area contributed by atoms with Crippen LogP contribution in [0.4, 0.5) is 0 Å². The Morgan fingerprint density at radius 1 is 1.56 bits per heavy atom. The number of rotatable bonds is 1. The lowest BCUT2D eigenvalue weighted by Gasteiger charge is -2.14. The Balaban J connectivity index is 2.05. The van der Waals surface area contributed by atoms with Gasteiger partial charge in [-0.25, -0.2) is 5.32 Å². The number of hydrogen-bond acceptors (Lipinski definition) is 1. The fourth-order valence-electron chi connectivity index (χ4n) is 1.78. The SMILES string of the molecule is CNC1C[N]CC12CC2. The molecule has 1 saturated carbocycles. The molecule has 9 heavy (non-hydrogen) atoms. The molecule has 1 N–H and O–H groups in total. The summed E-state index contributed by atoms with van der Waals surface area (Å²) in [7, 11) is 2.05. The fourth-order valence-corrected chi connectivity index (χ4v) is 1.78. The van der Waals surface area contributed by atoms with E-state index in [-0.39, 0.29) is 0 Å². The van der Waals surface area contributed by atoms with Gasteiger partial charge in [-0.3, -0.25) is 0 Å². The molecule has 2 nitrogen and oxygen atoms in total. The Morgan fingerprint density at radius 2 is 2.33 bits per heavy atom. The maximum absolute atomic E-state index is 4.39. The third-order valence-electron chi connectivity index (χ3n) is 2.72. The molecular formula is C7H13N2. The molecule has 1 radical (unpaired) electrons. The zero-order valence-corrected chi connectivity index (χ0v) is 5.85. The Labute approximate surface area is 56.0 Å². The van der Waals surface area contributed by atoms with E-state index in [2.05, 4.69) is 10.6 Å². The van der Waals surface area contributed by atoms with Crippen molar-refractivity contribution in [3.05, 3.63) is 0 Å². The highest BCUT2D eigenvalue weighted by Crippen LogP contribution is 2.50. The average Bonchev–Trinajstić information content (AvgIpc) is 2.45. The van der Waals surface area contributed by atoms with Gasteiger partial charge >= 0.3 is 0 Å². The monoisotopic (exact) mass is 125 g/mol. The lowest BCUT2D eigenvalue weighted by Crippen LogP contribution is -2.33. The minimum atomic E-state index is 0.634. The van der Waals surface area contributed by atoms with Crippen molar-refractivity contribution < 1.29 is 0 Å². The van der Waals surface area contributed by atoms with Crippen LogP contribution in [0.3, 0.4) is 0 Å². The van der Waals surface area contributed by atoms with Crippen molar-refractivity contribution in [1.29, 1.82) is 0 Å². The predicted octanol–water partition coefficient (Wildman–Crippen LogP) is -0.0274. The van der Waals surface area contributed by atoms with Gasteiger partial charge in [0.15, 0.2) is 0 Å². The number of likely N-dealkylation sites (N-methyl/N-ethyl adjacent to an activating group) is 1. The molecular weight excluding hydrogens is 112 g/mol. The zero-order valence-electron chi connectivity index (χ0n) is 5.85. The lowest BCUT2D eigenvalue weighted by atomic mass is 10.0.